The van der Waals surface area contributed by atoms with Crippen molar-refractivity contribution in [3.8, 4) is 5.75 Å². The third kappa shape index (κ3) is 3.95. The maximum Gasteiger partial charge on any atom is 0.263 e. The van der Waals surface area contributed by atoms with Gasteiger partial charge in [-0.2, -0.15) is 5.10 Å². The van der Waals surface area contributed by atoms with Crippen LogP contribution in [-0.4, -0.2) is 22.3 Å². The first-order valence-electron chi connectivity index (χ1n) is 6.38. The van der Waals surface area contributed by atoms with E-state index < -0.39 is 5.82 Å². The molecule has 0 atom stereocenters. The molecule has 0 saturated heterocycles. The van der Waals surface area contributed by atoms with Gasteiger partial charge in [0, 0.05) is 18.2 Å². The van der Waals surface area contributed by atoms with Crippen LogP contribution in [0.2, 0.25) is 5.02 Å². The Kier molecular flexibility index (Phi) is 4.80. The van der Waals surface area contributed by atoms with Gasteiger partial charge in [0.15, 0.2) is 6.61 Å². The average Bonchev–Trinajstić information content (AvgIpc) is 2.88. The summed E-state index contributed by atoms with van der Waals surface area (Å²) in [5.74, 6) is 0.0526. The van der Waals surface area contributed by atoms with Crippen molar-refractivity contribution in [3.63, 3.8) is 0 Å². The summed E-state index contributed by atoms with van der Waals surface area (Å²) in [6.45, 7) is 3.71. The predicted molar refractivity (Wildman–Crippen MR) is 78.1 cm³/mol. The SMILES string of the molecule is CC(C)n1nccc1NC(=O)COc1ccc(F)c(Cl)c1. The molecule has 1 heterocycles. The van der Waals surface area contributed by atoms with Crippen LogP contribution in [0.15, 0.2) is 30.5 Å². The molecule has 0 spiro atoms. The van der Waals surface area contributed by atoms with Gasteiger partial charge < -0.3 is 10.1 Å². The lowest BCUT2D eigenvalue weighted by Crippen LogP contribution is -2.22. The molecule has 0 aliphatic heterocycles. The lowest BCUT2D eigenvalue weighted by Gasteiger charge is -2.12. The normalized spacial score (nSPS) is 10.7. The number of nitrogens with zero attached hydrogens (tertiary/aromatic N) is 2. The number of hydrogen-bond acceptors (Lipinski definition) is 3. The van der Waals surface area contributed by atoms with E-state index >= 15 is 0 Å². The van der Waals surface area contributed by atoms with Crippen LogP contribution in [0.5, 0.6) is 5.75 Å². The van der Waals surface area contributed by atoms with Crippen LogP contribution in [0.3, 0.4) is 0 Å². The summed E-state index contributed by atoms with van der Waals surface area (Å²) in [7, 11) is 0. The fourth-order valence-electron chi connectivity index (χ4n) is 1.72. The molecule has 1 aromatic heterocycles. The molecule has 1 aromatic carbocycles. The van der Waals surface area contributed by atoms with E-state index in [-0.39, 0.29) is 23.6 Å². The van der Waals surface area contributed by atoms with Gasteiger partial charge in [-0.3, -0.25) is 4.79 Å². The highest BCUT2D eigenvalue weighted by Crippen LogP contribution is 2.21. The Morgan fingerprint density at radius 1 is 1.48 bits per heavy atom. The van der Waals surface area contributed by atoms with Crippen LogP contribution in [0, 0.1) is 5.82 Å². The van der Waals surface area contributed by atoms with Gasteiger partial charge in [0.2, 0.25) is 0 Å². The van der Waals surface area contributed by atoms with Crippen molar-refractivity contribution >= 4 is 23.3 Å². The third-order valence-electron chi connectivity index (χ3n) is 2.69. The molecule has 0 unspecified atom stereocenters. The van der Waals surface area contributed by atoms with E-state index in [1.54, 1.807) is 16.9 Å². The van der Waals surface area contributed by atoms with Crippen molar-refractivity contribution in [3.05, 3.63) is 41.3 Å². The maximum absolute atomic E-state index is 13.0. The van der Waals surface area contributed by atoms with Crippen LogP contribution >= 0.6 is 11.6 Å². The van der Waals surface area contributed by atoms with Crippen molar-refractivity contribution in [2.24, 2.45) is 0 Å². The molecule has 0 radical (unpaired) electrons. The Morgan fingerprint density at radius 3 is 2.90 bits per heavy atom. The van der Waals surface area contributed by atoms with Crippen LogP contribution in [-0.2, 0) is 4.79 Å². The summed E-state index contributed by atoms with van der Waals surface area (Å²) in [5.41, 5.74) is 0. The molecule has 2 rings (SSSR count). The molecule has 0 aliphatic rings. The number of anilines is 1. The summed E-state index contributed by atoms with van der Waals surface area (Å²) >= 11 is 5.63. The second-order valence-electron chi connectivity index (χ2n) is 4.67. The minimum absolute atomic E-state index is 0.0502. The number of aromatic nitrogens is 2. The number of nitrogens with one attached hydrogen (secondary N) is 1. The monoisotopic (exact) mass is 311 g/mol. The van der Waals surface area contributed by atoms with Crippen LogP contribution < -0.4 is 10.1 Å². The van der Waals surface area contributed by atoms with Crippen molar-refractivity contribution < 1.29 is 13.9 Å². The van der Waals surface area contributed by atoms with Gasteiger partial charge in [-0.25, -0.2) is 9.07 Å². The zero-order valence-corrected chi connectivity index (χ0v) is 12.4. The van der Waals surface area contributed by atoms with Gasteiger partial charge in [-0.1, -0.05) is 11.6 Å². The summed E-state index contributed by atoms with van der Waals surface area (Å²) < 4.78 is 19.9. The lowest BCUT2D eigenvalue weighted by atomic mass is 10.3. The van der Waals surface area contributed by atoms with Gasteiger partial charge in [0.1, 0.15) is 17.4 Å². The molecule has 112 valence electrons. The highest BCUT2D eigenvalue weighted by molar-refractivity contribution is 6.30. The third-order valence-corrected chi connectivity index (χ3v) is 2.98. The largest absolute Gasteiger partial charge is 0.484 e. The number of amides is 1. The molecule has 0 bridgehead atoms. The second kappa shape index (κ2) is 6.58. The van der Waals surface area contributed by atoms with Crippen LogP contribution in [0.1, 0.15) is 19.9 Å². The van der Waals surface area contributed by atoms with Gasteiger partial charge in [0.25, 0.3) is 5.91 Å². The topological polar surface area (TPSA) is 56.2 Å². The van der Waals surface area contributed by atoms with Crippen molar-refractivity contribution in [2.75, 3.05) is 11.9 Å². The Labute approximate surface area is 126 Å². The Morgan fingerprint density at radius 2 is 2.24 bits per heavy atom. The highest BCUT2D eigenvalue weighted by Gasteiger charge is 2.10. The molecule has 0 fully saturated rings. The Bertz CT molecular complexity index is 643. The fraction of sp³-hybridized carbons (Fsp3) is 0.286. The molecule has 0 aliphatic carbocycles. The molecule has 5 nitrogen and oxygen atoms in total. The summed E-state index contributed by atoms with van der Waals surface area (Å²) in [6, 6.07) is 5.75. The summed E-state index contributed by atoms with van der Waals surface area (Å²) in [4.78, 5) is 11.8. The van der Waals surface area contributed by atoms with Crippen LogP contribution in [0.4, 0.5) is 10.2 Å². The van der Waals surface area contributed by atoms with E-state index in [9.17, 15) is 9.18 Å². The average molecular weight is 312 g/mol. The molecule has 2 aromatic rings. The number of carbonyl (C=O) groups is 1. The number of benzene rings is 1. The van der Waals surface area contributed by atoms with Gasteiger partial charge in [-0.05, 0) is 26.0 Å². The van der Waals surface area contributed by atoms with Crippen LogP contribution in [0.25, 0.3) is 0 Å². The van der Waals surface area contributed by atoms with E-state index in [0.29, 0.717) is 11.6 Å². The van der Waals surface area contributed by atoms with Gasteiger partial charge >= 0.3 is 0 Å². The smallest absolute Gasteiger partial charge is 0.263 e. The standard InChI is InChI=1S/C14H15ClFN3O2/c1-9(2)19-13(5-6-17-19)18-14(20)8-21-10-3-4-12(16)11(15)7-10/h3-7,9H,8H2,1-2H3,(H,18,20). The number of hydrogen-bond donors (Lipinski definition) is 1. The molecule has 0 saturated carbocycles. The molecular formula is C14H15ClFN3O2. The molecule has 7 heteroatoms. The highest BCUT2D eigenvalue weighted by atomic mass is 35.5. The van der Waals surface area contributed by atoms with Gasteiger partial charge in [-0.15, -0.1) is 0 Å². The van der Waals surface area contributed by atoms with Crippen molar-refractivity contribution in [1.82, 2.24) is 9.78 Å². The van der Waals surface area contributed by atoms with E-state index in [1.807, 2.05) is 13.8 Å². The molecular weight excluding hydrogens is 297 g/mol. The second-order valence-corrected chi connectivity index (χ2v) is 5.07. The molecule has 1 amide bonds. The first kappa shape index (κ1) is 15.3. The minimum Gasteiger partial charge on any atom is -0.484 e. The predicted octanol–water partition coefficient (Wildman–Crippen LogP) is 3.27. The van der Waals surface area contributed by atoms with E-state index in [4.69, 9.17) is 16.3 Å². The Hall–Kier alpha value is -2.08. The number of rotatable bonds is 5. The first-order chi connectivity index (χ1) is 9.97. The molecule has 21 heavy (non-hydrogen) atoms. The van der Waals surface area contributed by atoms with E-state index in [1.165, 1.54) is 18.2 Å². The van der Waals surface area contributed by atoms with Crippen molar-refractivity contribution in [1.29, 1.82) is 0 Å². The van der Waals surface area contributed by atoms with E-state index in [2.05, 4.69) is 10.4 Å². The first-order valence-corrected chi connectivity index (χ1v) is 6.76. The molecule has 1 N–H and O–H groups in total. The quantitative estimate of drug-likeness (QED) is 0.922. The number of carbonyl (C=O) groups excluding carboxylic acids is 1. The zero-order valence-electron chi connectivity index (χ0n) is 11.6. The minimum atomic E-state index is -0.533. The number of halogens is 2. The number of ether oxygens (including phenoxy) is 1. The zero-order chi connectivity index (χ0) is 15.4. The lowest BCUT2D eigenvalue weighted by molar-refractivity contribution is -0.118. The Balaban J connectivity index is 1.93. The fourth-order valence-corrected chi connectivity index (χ4v) is 1.89. The summed E-state index contributed by atoms with van der Waals surface area (Å²) in [5, 5.41) is 6.76. The van der Waals surface area contributed by atoms with Gasteiger partial charge in [0.05, 0.1) is 11.2 Å². The van der Waals surface area contributed by atoms with E-state index in [0.717, 1.165) is 0 Å². The maximum atomic E-state index is 13.0. The summed E-state index contributed by atoms with van der Waals surface area (Å²) in [6.07, 6.45) is 1.61. The van der Waals surface area contributed by atoms with Crippen molar-refractivity contribution in [2.45, 2.75) is 19.9 Å².